The Bertz CT molecular complexity index is 1080. The molecule has 1 N–H and O–H groups in total. The van der Waals surface area contributed by atoms with Crippen molar-refractivity contribution in [3.8, 4) is 5.69 Å². The number of anilines is 1. The number of carbonyl (C=O) groups is 1. The summed E-state index contributed by atoms with van der Waals surface area (Å²) in [6.45, 7) is 0. The summed E-state index contributed by atoms with van der Waals surface area (Å²) in [6, 6.07) is 13.7. The average molecular weight is 344 g/mol. The predicted molar refractivity (Wildman–Crippen MR) is 96.1 cm³/mol. The molecule has 0 spiro atoms. The fourth-order valence-corrected chi connectivity index (χ4v) is 3.25. The van der Waals surface area contributed by atoms with Gasteiger partial charge in [-0.25, -0.2) is 9.50 Å². The summed E-state index contributed by atoms with van der Waals surface area (Å²) in [7, 11) is 0. The number of aromatic nitrogens is 5. The Hall–Kier alpha value is -3.48. The third-order valence-corrected chi connectivity index (χ3v) is 4.86. The van der Waals surface area contributed by atoms with Gasteiger partial charge in [-0.05, 0) is 24.5 Å². The molecule has 7 nitrogen and oxygen atoms in total. The molecule has 7 heteroatoms. The largest absolute Gasteiger partial charge is 0.306 e. The van der Waals surface area contributed by atoms with Crippen molar-refractivity contribution < 1.29 is 4.79 Å². The van der Waals surface area contributed by atoms with E-state index in [0.29, 0.717) is 11.6 Å². The Kier molecular flexibility index (Phi) is 3.15. The van der Waals surface area contributed by atoms with Gasteiger partial charge in [0.05, 0.1) is 17.4 Å². The molecule has 0 unspecified atom stereocenters. The van der Waals surface area contributed by atoms with Crippen LogP contribution in [0.25, 0.3) is 11.3 Å². The minimum Gasteiger partial charge on any atom is -0.306 e. The van der Waals surface area contributed by atoms with Gasteiger partial charge in [0.1, 0.15) is 0 Å². The van der Waals surface area contributed by atoms with Gasteiger partial charge >= 0.3 is 0 Å². The molecule has 3 aromatic heterocycles. The molecule has 0 saturated heterocycles. The Morgan fingerprint density at radius 3 is 2.69 bits per heavy atom. The van der Waals surface area contributed by atoms with Gasteiger partial charge in [0, 0.05) is 24.7 Å². The fourth-order valence-electron chi connectivity index (χ4n) is 3.25. The van der Waals surface area contributed by atoms with Gasteiger partial charge in [0.25, 0.3) is 0 Å². The van der Waals surface area contributed by atoms with Crippen LogP contribution < -0.4 is 5.32 Å². The van der Waals surface area contributed by atoms with E-state index in [-0.39, 0.29) is 5.91 Å². The van der Waals surface area contributed by atoms with E-state index in [9.17, 15) is 4.79 Å². The third kappa shape index (κ3) is 2.36. The van der Waals surface area contributed by atoms with Crippen LogP contribution >= 0.6 is 0 Å². The molecule has 0 radical (unpaired) electrons. The summed E-state index contributed by atoms with van der Waals surface area (Å²) in [5.74, 6) is 0.273. The van der Waals surface area contributed by atoms with Crippen molar-refractivity contribution >= 4 is 17.5 Å². The maximum atomic E-state index is 12.8. The minimum atomic E-state index is -0.444. The van der Waals surface area contributed by atoms with Crippen LogP contribution in [0, 0.1) is 0 Å². The van der Waals surface area contributed by atoms with Gasteiger partial charge in [-0.2, -0.15) is 4.98 Å². The van der Waals surface area contributed by atoms with Gasteiger partial charge in [-0.1, -0.05) is 30.3 Å². The number of hydrogen-bond acceptors (Lipinski definition) is 4. The molecule has 128 valence electrons. The van der Waals surface area contributed by atoms with Crippen LogP contribution in [0.2, 0.25) is 0 Å². The molecule has 26 heavy (non-hydrogen) atoms. The lowest BCUT2D eigenvalue weighted by Gasteiger charge is -2.13. The Morgan fingerprint density at radius 2 is 1.96 bits per heavy atom. The fraction of sp³-hybridized carbons (Fsp3) is 0.158. The normalized spacial score (nSPS) is 15.1. The molecule has 1 amide bonds. The van der Waals surface area contributed by atoms with E-state index < -0.39 is 5.41 Å². The summed E-state index contributed by atoms with van der Waals surface area (Å²) in [5, 5.41) is 7.24. The Balaban J connectivity index is 1.42. The average Bonchev–Trinajstić information content (AvgIpc) is 3.11. The van der Waals surface area contributed by atoms with Crippen molar-refractivity contribution in [1.29, 1.82) is 0 Å². The SMILES string of the molecule is O=C(Nc1nc2cc(-n3ccnc3)ccn2n1)C1(c2ccccc2)CC1. The summed E-state index contributed by atoms with van der Waals surface area (Å²) in [4.78, 5) is 21.3. The number of carbonyl (C=O) groups excluding carboxylic acids is 1. The molecule has 0 atom stereocenters. The molecule has 0 bridgehead atoms. The first-order valence-corrected chi connectivity index (χ1v) is 8.46. The zero-order valence-electron chi connectivity index (χ0n) is 13.9. The minimum absolute atomic E-state index is 0.0468. The van der Waals surface area contributed by atoms with Gasteiger partial charge in [-0.3, -0.25) is 10.1 Å². The predicted octanol–water partition coefficient (Wildman–Crippen LogP) is 2.59. The van der Waals surface area contributed by atoms with E-state index in [2.05, 4.69) is 20.4 Å². The topological polar surface area (TPSA) is 77.1 Å². The van der Waals surface area contributed by atoms with Crippen LogP contribution in [0.15, 0.2) is 67.4 Å². The standard InChI is InChI=1S/C19H16N6O/c26-17(19(7-8-19)14-4-2-1-3-5-14)22-18-21-16-12-15(6-10-25(16)23-18)24-11-9-20-13-24/h1-6,9-13H,7-8H2,(H,22,23,26). The highest BCUT2D eigenvalue weighted by Crippen LogP contribution is 2.48. The quantitative estimate of drug-likeness (QED) is 0.617. The second-order valence-corrected chi connectivity index (χ2v) is 6.50. The molecular formula is C19H16N6O. The lowest BCUT2D eigenvalue weighted by molar-refractivity contribution is -0.118. The lowest BCUT2D eigenvalue weighted by atomic mass is 9.95. The number of hydrogen-bond donors (Lipinski definition) is 1. The Morgan fingerprint density at radius 1 is 1.12 bits per heavy atom. The van der Waals surface area contributed by atoms with Crippen LogP contribution in [0.5, 0.6) is 0 Å². The number of nitrogens with one attached hydrogen (secondary N) is 1. The molecule has 4 aromatic rings. The van der Waals surface area contributed by atoms with Crippen LogP contribution in [0.3, 0.4) is 0 Å². The highest BCUT2D eigenvalue weighted by atomic mass is 16.2. The van der Waals surface area contributed by atoms with Gasteiger partial charge < -0.3 is 4.57 Å². The lowest BCUT2D eigenvalue weighted by Crippen LogP contribution is -2.28. The molecular weight excluding hydrogens is 328 g/mol. The van der Waals surface area contributed by atoms with Crippen LogP contribution in [0.1, 0.15) is 18.4 Å². The van der Waals surface area contributed by atoms with Gasteiger partial charge in [0.15, 0.2) is 5.65 Å². The number of benzene rings is 1. The molecule has 1 saturated carbocycles. The monoisotopic (exact) mass is 344 g/mol. The number of rotatable bonds is 4. The molecule has 3 heterocycles. The second-order valence-electron chi connectivity index (χ2n) is 6.50. The number of imidazole rings is 1. The van der Waals surface area contributed by atoms with E-state index in [4.69, 9.17) is 0 Å². The van der Waals surface area contributed by atoms with Crippen molar-refractivity contribution in [2.24, 2.45) is 0 Å². The maximum absolute atomic E-state index is 12.8. The molecule has 0 aliphatic heterocycles. The summed E-state index contributed by atoms with van der Waals surface area (Å²) in [5.41, 5.74) is 2.20. The molecule has 5 rings (SSSR count). The first kappa shape index (κ1) is 14.8. The zero-order chi connectivity index (χ0) is 17.6. The van der Waals surface area contributed by atoms with E-state index in [1.165, 1.54) is 0 Å². The van der Waals surface area contributed by atoms with E-state index in [0.717, 1.165) is 24.1 Å². The van der Waals surface area contributed by atoms with Crippen LogP contribution in [0.4, 0.5) is 5.95 Å². The summed E-state index contributed by atoms with van der Waals surface area (Å²) < 4.78 is 3.54. The van der Waals surface area contributed by atoms with Gasteiger partial charge in [-0.15, -0.1) is 5.10 Å². The Labute approximate surface area is 149 Å². The van der Waals surface area contributed by atoms with Crippen LogP contribution in [-0.2, 0) is 10.2 Å². The molecule has 1 fully saturated rings. The van der Waals surface area contributed by atoms with E-state index >= 15 is 0 Å². The number of nitrogens with zero attached hydrogens (tertiary/aromatic N) is 5. The second kappa shape index (κ2) is 5.52. The first-order valence-electron chi connectivity index (χ1n) is 8.46. The third-order valence-electron chi connectivity index (χ3n) is 4.86. The van der Waals surface area contributed by atoms with Crippen molar-refractivity contribution in [2.45, 2.75) is 18.3 Å². The van der Waals surface area contributed by atoms with Gasteiger partial charge in [0.2, 0.25) is 11.9 Å². The smallest absolute Gasteiger partial charge is 0.249 e. The summed E-state index contributed by atoms with van der Waals surface area (Å²) >= 11 is 0. The highest BCUT2D eigenvalue weighted by molar-refractivity contribution is 6.00. The number of amides is 1. The highest BCUT2D eigenvalue weighted by Gasteiger charge is 2.51. The van der Waals surface area contributed by atoms with Crippen molar-refractivity contribution in [2.75, 3.05) is 5.32 Å². The maximum Gasteiger partial charge on any atom is 0.249 e. The molecule has 1 aliphatic carbocycles. The van der Waals surface area contributed by atoms with E-state index in [1.54, 1.807) is 17.0 Å². The first-order chi connectivity index (χ1) is 12.7. The van der Waals surface area contributed by atoms with Crippen molar-refractivity contribution in [3.05, 3.63) is 72.9 Å². The van der Waals surface area contributed by atoms with E-state index in [1.807, 2.05) is 59.4 Å². The van der Waals surface area contributed by atoms with Crippen molar-refractivity contribution in [3.63, 3.8) is 0 Å². The molecule has 1 aromatic carbocycles. The zero-order valence-corrected chi connectivity index (χ0v) is 13.9. The molecule has 1 aliphatic rings. The number of fused-ring (bicyclic) bond motifs is 1. The van der Waals surface area contributed by atoms with Crippen molar-refractivity contribution in [1.82, 2.24) is 24.1 Å². The summed E-state index contributed by atoms with van der Waals surface area (Å²) in [6.07, 6.45) is 8.82. The van der Waals surface area contributed by atoms with Crippen LogP contribution in [-0.4, -0.2) is 30.1 Å². The number of pyridine rings is 1.